The summed E-state index contributed by atoms with van der Waals surface area (Å²) in [5.41, 5.74) is 0. The molecule has 13 heavy (non-hydrogen) atoms. The Kier molecular flexibility index (Phi) is 7.69. The fourth-order valence-corrected chi connectivity index (χ4v) is 1.18. The summed E-state index contributed by atoms with van der Waals surface area (Å²) in [6, 6.07) is 0. The Hall–Kier alpha value is -0.570. The molecule has 0 saturated carbocycles. The Labute approximate surface area is 80.7 Å². The Morgan fingerprint density at radius 1 is 1.23 bits per heavy atom. The van der Waals surface area contributed by atoms with Crippen LogP contribution in [0.15, 0.2) is 0 Å². The standard InChI is InChI=1S/C10H20NO2/c1-3-4-5-6-8-11(2)10(13)7-9-12/h3-9H2,1-2H3. The van der Waals surface area contributed by atoms with Gasteiger partial charge in [-0.1, -0.05) is 26.2 Å². The largest absolute Gasteiger partial charge is 0.346 e. The third-order valence-electron chi connectivity index (χ3n) is 2.09. The van der Waals surface area contributed by atoms with Crippen LogP contribution < -0.4 is 0 Å². The molecule has 3 heteroatoms. The van der Waals surface area contributed by atoms with Gasteiger partial charge in [-0.15, -0.1) is 0 Å². The predicted octanol–water partition coefficient (Wildman–Crippen LogP) is 1.85. The summed E-state index contributed by atoms with van der Waals surface area (Å²) in [6.07, 6.45) is 4.80. The Bertz CT molecular complexity index is 137. The Morgan fingerprint density at radius 2 is 1.92 bits per heavy atom. The highest BCUT2D eigenvalue weighted by Gasteiger charge is 2.06. The molecule has 0 aliphatic rings. The molecular weight excluding hydrogens is 166 g/mol. The number of rotatable bonds is 7. The first-order valence-electron chi connectivity index (χ1n) is 5.04. The van der Waals surface area contributed by atoms with E-state index in [1.54, 1.807) is 11.9 Å². The van der Waals surface area contributed by atoms with Gasteiger partial charge < -0.3 is 4.90 Å². The first-order valence-corrected chi connectivity index (χ1v) is 5.04. The summed E-state index contributed by atoms with van der Waals surface area (Å²) in [7, 11) is 1.77. The molecule has 0 aliphatic heterocycles. The molecule has 0 atom stereocenters. The van der Waals surface area contributed by atoms with Gasteiger partial charge in [0.25, 0.3) is 0 Å². The number of unbranched alkanes of at least 4 members (excludes halogenated alkanes) is 3. The first-order chi connectivity index (χ1) is 6.22. The van der Waals surface area contributed by atoms with Crippen molar-refractivity contribution in [3.63, 3.8) is 0 Å². The van der Waals surface area contributed by atoms with E-state index in [0.717, 1.165) is 13.0 Å². The van der Waals surface area contributed by atoms with Gasteiger partial charge in [-0.2, -0.15) is 0 Å². The molecule has 0 aromatic carbocycles. The van der Waals surface area contributed by atoms with Crippen molar-refractivity contribution in [2.45, 2.75) is 39.0 Å². The van der Waals surface area contributed by atoms with Gasteiger partial charge in [-0.3, -0.25) is 4.79 Å². The topological polar surface area (TPSA) is 40.2 Å². The van der Waals surface area contributed by atoms with Gasteiger partial charge in [0, 0.05) is 13.6 Å². The fraction of sp³-hybridized carbons (Fsp3) is 0.900. The lowest BCUT2D eigenvalue weighted by atomic mass is 10.2. The van der Waals surface area contributed by atoms with Crippen LogP contribution in [0.4, 0.5) is 0 Å². The second-order valence-electron chi connectivity index (χ2n) is 3.33. The van der Waals surface area contributed by atoms with Crippen LogP contribution in [0, 0.1) is 0 Å². The molecule has 0 N–H and O–H groups in total. The molecule has 0 fully saturated rings. The van der Waals surface area contributed by atoms with Crippen LogP contribution in [0.2, 0.25) is 0 Å². The lowest BCUT2D eigenvalue weighted by Crippen LogP contribution is -2.28. The van der Waals surface area contributed by atoms with Gasteiger partial charge >= 0.3 is 0 Å². The van der Waals surface area contributed by atoms with Crippen LogP contribution in [0.25, 0.3) is 0 Å². The molecule has 0 aromatic heterocycles. The van der Waals surface area contributed by atoms with Crippen molar-refractivity contribution in [1.82, 2.24) is 4.90 Å². The van der Waals surface area contributed by atoms with E-state index in [2.05, 4.69) is 6.92 Å². The van der Waals surface area contributed by atoms with Crippen LogP contribution in [-0.4, -0.2) is 31.0 Å². The van der Waals surface area contributed by atoms with Crippen molar-refractivity contribution in [2.75, 3.05) is 20.2 Å². The van der Waals surface area contributed by atoms with Gasteiger partial charge in [-0.25, -0.2) is 5.11 Å². The van der Waals surface area contributed by atoms with E-state index in [0.29, 0.717) is 0 Å². The van der Waals surface area contributed by atoms with E-state index in [-0.39, 0.29) is 18.9 Å². The fourth-order valence-electron chi connectivity index (χ4n) is 1.18. The molecule has 1 radical (unpaired) electrons. The molecule has 77 valence electrons. The molecule has 3 nitrogen and oxygen atoms in total. The summed E-state index contributed by atoms with van der Waals surface area (Å²) < 4.78 is 0. The third-order valence-corrected chi connectivity index (χ3v) is 2.09. The number of nitrogens with zero attached hydrogens (tertiary/aromatic N) is 1. The summed E-state index contributed by atoms with van der Waals surface area (Å²) >= 11 is 0. The Balaban J connectivity index is 3.38. The van der Waals surface area contributed by atoms with Crippen LogP contribution in [0.3, 0.4) is 0 Å². The van der Waals surface area contributed by atoms with Gasteiger partial charge in [0.05, 0.1) is 13.0 Å². The van der Waals surface area contributed by atoms with Crippen LogP contribution in [-0.2, 0) is 9.90 Å². The van der Waals surface area contributed by atoms with Crippen molar-refractivity contribution in [3.8, 4) is 0 Å². The molecule has 0 aromatic rings. The van der Waals surface area contributed by atoms with E-state index < -0.39 is 0 Å². The van der Waals surface area contributed by atoms with Crippen molar-refractivity contribution < 1.29 is 9.90 Å². The zero-order valence-corrected chi connectivity index (χ0v) is 8.71. The Morgan fingerprint density at radius 3 is 2.46 bits per heavy atom. The molecule has 0 saturated heterocycles. The lowest BCUT2D eigenvalue weighted by molar-refractivity contribution is -0.131. The second-order valence-corrected chi connectivity index (χ2v) is 3.33. The maximum absolute atomic E-state index is 11.1. The molecular formula is C10H20NO2. The lowest BCUT2D eigenvalue weighted by Gasteiger charge is -2.15. The maximum Gasteiger partial charge on any atom is 0.224 e. The molecule has 0 heterocycles. The summed E-state index contributed by atoms with van der Waals surface area (Å²) in [5, 5.41) is 10.2. The smallest absolute Gasteiger partial charge is 0.224 e. The third kappa shape index (κ3) is 6.58. The highest BCUT2D eigenvalue weighted by atomic mass is 16.3. The van der Waals surface area contributed by atoms with Crippen molar-refractivity contribution in [3.05, 3.63) is 0 Å². The maximum atomic E-state index is 11.1. The molecule has 0 aliphatic carbocycles. The van der Waals surface area contributed by atoms with E-state index in [4.69, 9.17) is 0 Å². The minimum atomic E-state index is -0.294. The van der Waals surface area contributed by atoms with E-state index >= 15 is 0 Å². The summed E-state index contributed by atoms with van der Waals surface area (Å²) in [4.78, 5) is 12.8. The first kappa shape index (κ1) is 12.4. The number of hydrogen-bond donors (Lipinski definition) is 0. The second kappa shape index (κ2) is 8.05. The number of hydrogen-bond acceptors (Lipinski definition) is 1. The van der Waals surface area contributed by atoms with Crippen LogP contribution in [0.1, 0.15) is 39.0 Å². The molecule has 0 unspecified atom stereocenters. The number of amides is 1. The summed E-state index contributed by atoms with van der Waals surface area (Å²) in [6.45, 7) is 2.66. The average molecular weight is 186 g/mol. The molecule has 0 spiro atoms. The highest BCUT2D eigenvalue weighted by Crippen LogP contribution is 2.01. The molecule has 0 bridgehead atoms. The monoisotopic (exact) mass is 186 g/mol. The molecule has 0 rings (SSSR count). The van der Waals surface area contributed by atoms with Crippen LogP contribution >= 0.6 is 0 Å². The minimum Gasteiger partial charge on any atom is -0.346 e. The number of carbonyl (C=O) groups is 1. The van der Waals surface area contributed by atoms with Crippen molar-refractivity contribution >= 4 is 5.91 Å². The van der Waals surface area contributed by atoms with Crippen LogP contribution in [0.5, 0.6) is 0 Å². The van der Waals surface area contributed by atoms with Gasteiger partial charge in [0.2, 0.25) is 5.91 Å². The van der Waals surface area contributed by atoms with Gasteiger partial charge in [0.15, 0.2) is 0 Å². The predicted molar refractivity (Wildman–Crippen MR) is 51.9 cm³/mol. The molecule has 1 amide bonds. The normalized spacial score (nSPS) is 10.1. The van der Waals surface area contributed by atoms with E-state index in [1.165, 1.54) is 19.3 Å². The zero-order chi connectivity index (χ0) is 10.1. The van der Waals surface area contributed by atoms with Gasteiger partial charge in [-0.05, 0) is 6.42 Å². The zero-order valence-electron chi connectivity index (χ0n) is 8.71. The summed E-state index contributed by atoms with van der Waals surface area (Å²) in [5.74, 6) is -0.0218. The number of carbonyl (C=O) groups excluding carboxylic acids is 1. The highest BCUT2D eigenvalue weighted by molar-refractivity contribution is 5.75. The SMILES string of the molecule is CCCCCCN(C)C(=O)CC[O]. The average Bonchev–Trinajstić information content (AvgIpc) is 2.12. The van der Waals surface area contributed by atoms with Crippen molar-refractivity contribution in [1.29, 1.82) is 0 Å². The van der Waals surface area contributed by atoms with Gasteiger partial charge in [0.1, 0.15) is 0 Å². The van der Waals surface area contributed by atoms with Crippen molar-refractivity contribution in [2.24, 2.45) is 0 Å². The quantitative estimate of drug-likeness (QED) is 0.559. The van der Waals surface area contributed by atoms with E-state index in [9.17, 15) is 9.90 Å². The minimum absolute atomic E-state index is 0.0218. The van der Waals surface area contributed by atoms with E-state index in [1.807, 2.05) is 0 Å².